The monoisotopic (exact) mass is 352 g/mol. The number of aromatic nitrogens is 3. The van der Waals surface area contributed by atoms with Crippen LogP contribution in [0.5, 0.6) is 5.75 Å². The van der Waals surface area contributed by atoms with Gasteiger partial charge in [-0.05, 0) is 49.2 Å². The molecule has 2 N–H and O–H groups in total. The van der Waals surface area contributed by atoms with Crippen molar-refractivity contribution in [1.82, 2.24) is 25.2 Å². The first-order valence-corrected chi connectivity index (χ1v) is 8.60. The summed E-state index contributed by atoms with van der Waals surface area (Å²) >= 11 is 0. The second-order valence-electron chi connectivity index (χ2n) is 6.07. The van der Waals surface area contributed by atoms with Gasteiger partial charge in [0, 0.05) is 13.2 Å². The summed E-state index contributed by atoms with van der Waals surface area (Å²) in [5.74, 6) is 2.42. The molecule has 2 aromatic heterocycles. The summed E-state index contributed by atoms with van der Waals surface area (Å²) in [4.78, 5) is 4.22. The average molecular weight is 352 g/mol. The molecule has 0 fully saturated rings. The number of aliphatic imine (C=N–C) groups is 1. The lowest BCUT2D eigenvalue weighted by molar-refractivity contribution is 0.321. The van der Waals surface area contributed by atoms with Crippen LogP contribution in [-0.4, -0.2) is 40.8 Å². The van der Waals surface area contributed by atoms with Gasteiger partial charge in [-0.15, -0.1) is 10.2 Å². The number of nitrogens with one attached hydrogen (secondary N) is 2. The molecule has 3 aromatic rings. The fourth-order valence-electron chi connectivity index (χ4n) is 2.75. The summed E-state index contributed by atoms with van der Waals surface area (Å²) in [5, 5.41) is 14.8. The van der Waals surface area contributed by atoms with Crippen LogP contribution in [0.3, 0.4) is 0 Å². The van der Waals surface area contributed by atoms with Crippen LogP contribution >= 0.6 is 0 Å². The molecule has 3 rings (SSSR count). The number of hydrogen-bond donors (Lipinski definition) is 2. The normalized spacial score (nSPS) is 11.6. The SMILES string of the molecule is CN=C(NCCOc1cc(C)cc(C)c1)NCc1nnc2ccccn12. The van der Waals surface area contributed by atoms with Crippen molar-refractivity contribution in [3.8, 4) is 5.75 Å². The quantitative estimate of drug-likeness (QED) is 0.404. The van der Waals surface area contributed by atoms with Crippen molar-refractivity contribution in [3.63, 3.8) is 0 Å². The van der Waals surface area contributed by atoms with Gasteiger partial charge in [0.2, 0.25) is 0 Å². The lowest BCUT2D eigenvalue weighted by Crippen LogP contribution is -2.39. The molecule has 0 radical (unpaired) electrons. The largest absolute Gasteiger partial charge is 0.492 e. The molecule has 1 aromatic carbocycles. The van der Waals surface area contributed by atoms with Crippen molar-refractivity contribution >= 4 is 11.6 Å². The van der Waals surface area contributed by atoms with Gasteiger partial charge in [0.05, 0.1) is 13.1 Å². The minimum atomic E-state index is 0.531. The van der Waals surface area contributed by atoms with Crippen LogP contribution in [0.1, 0.15) is 17.0 Å². The van der Waals surface area contributed by atoms with E-state index in [1.807, 2.05) is 40.9 Å². The van der Waals surface area contributed by atoms with Gasteiger partial charge in [0.15, 0.2) is 17.4 Å². The van der Waals surface area contributed by atoms with Gasteiger partial charge in [-0.3, -0.25) is 9.39 Å². The molecule has 0 saturated carbocycles. The predicted octanol–water partition coefficient (Wildman–Crippen LogP) is 2.09. The van der Waals surface area contributed by atoms with Crippen molar-refractivity contribution in [2.75, 3.05) is 20.2 Å². The number of ether oxygens (including phenoxy) is 1. The summed E-state index contributed by atoms with van der Waals surface area (Å²) in [5.41, 5.74) is 3.23. The molecule has 0 spiro atoms. The van der Waals surface area contributed by atoms with Crippen LogP contribution < -0.4 is 15.4 Å². The van der Waals surface area contributed by atoms with Crippen LogP contribution in [0.15, 0.2) is 47.6 Å². The third-order valence-electron chi connectivity index (χ3n) is 3.88. The average Bonchev–Trinajstić information content (AvgIpc) is 3.03. The first kappa shape index (κ1) is 17.7. The molecule has 0 bridgehead atoms. The molecule has 7 nitrogen and oxygen atoms in total. The van der Waals surface area contributed by atoms with Crippen LogP contribution in [0.2, 0.25) is 0 Å². The maximum absolute atomic E-state index is 5.80. The molecule has 0 atom stereocenters. The molecule has 136 valence electrons. The number of pyridine rings is 1. The molecule has 0 aliphatic carbocycles. The Morgan fingerprint density at radius 3 is 2.69 bits per heavy atom. The summed E-state index contributed by atoms with van der Waals surface area (Å²) in [6, 6.07) is 12.0. The number of guanidine groups is 1. The number of nitrogens with zero attached hydrogens (tertiary/aromatic N) is 4. The molecule has 0 unspecified atom stereocenters. The zero-order chi connectivity index (χ0) is 18.4. The van der Waals surface area contributed by atoms with E-state index < -0.39 is 0 Å². The number of benzene rings is 1. The Labute approximate surface area is 153 Å². The highest BCUT2D eigenvalue weighted by molar-refractivity contribution is 5.79. The highest BCUT2D eigenvalue weighted by Crippen LogP contribution is 2.15. The van der Waals surface area contributed by atoms with E-state index in [-0.39, 0.29) is 0 Å². The Kier molecular flexibility index (Phi) is 5.68. The van der Waals surface area contributed by atoms with Gasteiger partial charge in [-0.2, -0.15) is 0 Å². The first-order chi connectivity index (χ1) is 12.7. The van der Waals surface area contributed by atoms with E-state index in [4.69, 9.17) is 4.74 Å². The third-order valence-corrected chi connectivity index (χ3v) is 3.88. The Balaban J connectivity index is 1.46. The third kappa shape index (κ3) is 4.50. The highest BCUT2D eigenvalue weighted by Gasteiger charge is 2.05. The molecule has 0 aliphatic rings. The van der Waals surface area contributed by atoms with Gasteiger partial charge >= 0.3 is 0 Å². The summed E-state index contributed by atoms with van der Waals surface area (Å²) < 4.78 is 7.75. The van der Waals surface area contributed by atoms with E-state index in [2.05, 4.69) is 45.7 Å². The minimum Gasteiger partial charge on any atom is -0.492 e. The van der Waals surface area contributed by atoms with E-state index in [0.29, 0.717) is 25.7 Å². The lowest BCUT2D eigenvalue weighted by atomic mass is 10.1. The maximum atomic E-state index is 5.80. The van der Waals surface area contributed by atoms with Crippen molar-refractivity contribution < 1.29 is 4.74 Å². The number of fused-ring (bicyclic) bond motifs is 1. The van der Waals surface area contributed by atoms with Crippen LogP contribution in [0.25, 0.3) is 5.65 Å². The smallest absolute Gasteiger partial charge is 0.191 e. The van der Waals surface area contributed by atoms with Crippen LogP contribution in [-0.2, 0) is 6.54 Å². The van der Waals surface area contributed by atoms with Gasteiger partial charge in [0.1, 0.15) is 12.4 Å². The van der Waals surface area contributed by atoms with E-state index in [9.17, 15) is 0 Å². The number of aryl methyl sites for hydroxylation is 2. The number of hydrogen-bond acceptors (Lipinski definition) is 4. The molecule has 0 amide bonds. The Hall–Kier alpha value is -3.09. The fourth-order valence-corrected chi connectivity index (χ4v) is 2.75. The highest BCUT2D eigenvalue weighted by atomic mass is 16.5. The molecule has 26 heavy (non-hydrogen) atoms. The van der Waals surface area contributed by atoms with Gasteiger partial charge in [0.25, 0.3) is 0 Å². The minimum absolute atomic E-state index is 0.531. The lowest BCUT2D eigenvalue weighted by Gasteiger charge is -2.12. The Morgan fingerprint density at radius 1 is 1.12 bits per heavy atom. The standard InChI is InChI=1S/C19H24N6O/c1-14-10-15(2)12-16(11-14)26-9-7-21-19(20-3)22-13-18-24-23-17-6-4-5-8-25(17)18/h4-6,8,10-12H,7,9,13H2,1-3H3,(H2,20,21,22). The fraction of sp³-hybridized carbons (Fsp3) is 0.316. The van der Waals surface area contributed by atoms with Crippen molar-refractivity contribution in [3.05, 3.63) is 59.5 Å². The maximum Gasteiger partial charge on any atom is 0.191 e. The molecular weight excluding hydrogens is 328 g/mol. The van der Waals surface area contributed by atoms with Crippen molar-refractivity contribution in [2.45, 2.75) is 20.4 Å². The van der Waals surface area contributed by atoms with E-state index in [1.165, 1.54) is 11.1 Å². The van der Waals surface area contributed by atoms with Gasteiger partial charge < -0.3 is 15.4 Å². The molecule has 7 heteroatoms. The zero-order valence-corrected chi connectivity index (χ0v) is 15.4. The molecular formula is C19H24N6O. The molecule has 0 aliphatic heterocycles. The summed E-state index contributed by atoms with van der Waals surface area (Å²) in [6.45, 7) is 5.86. The predicted molar refractivity (Wildman–Crippen MR) is 103 cm³/mol. The second kappa shape index (κ2) is 8.33. The molecule has 0 saturated heterocycles. The van der Waals surface area contributed by atoms with Gasteiger partial charge in [-0.25, -0.2) is 0 Å². The Bertz CT molecular complexity index is 882. The summed E-state index contributed by atoms with van der Waals surface area (Å²) in [6.07, 6.45) is 1.94. The topological polar surface area (TPSA) is 75.8 Å². The van der Waals surface area contributed by atoms with E-state index in [0.717, 1.165) is 17.2 Å². The van der Waals surface area contributed by atoms with Crippen molar-refractivity contribution in [2.24, 2.45) is 4.99 Å². The zero-order valence-electron chi connectivity index (χ0n) is 15.4. The van der Waals surface area contributed by atoms with Gasteiger partial charge in [-0.1, -0.05) is 12.1 Å². The second-order valence-corrected chi connectivity index (χ2v) is 6.07. The van der Waals surface area contributed by atoms with E-state index >= 15 is 0 Å². The van der Waals surface area contributed by atoms with E-state index in [1.54, 1.807) is 7.05 Å². The van der Waals surface area contributed by atoms with Crippen molar-refractivity contribution in [1.29, 1.82) is 0 Å². The molecule has 2 heterocycles. The van der Waals surface area contributed by atoms with Crippen LogP contribution in [0, 0.1) is 13.8 Å². The van der Waals surface area contributed by atoms with Crippen LogP contribution in [0.4, 0.5) is 0 Å². The summed E-state index contributed by atoms with van der Waals surface area (Å²) in [7, 11) is 1.74. The Morgan fingerprint density at radius 2 is 1.92 bits per heavy atom. The first-order valence-electron chi connectivity index (χ1n) is 8.60. The number of rotatable bonds is 6.